The number of ether oxygens (including phenoxy) is 1. The number of nitrogens with one attached hydrogen (secondary N) is 1. The van der Waals surface area contributed by atoms with Crippen LogP contribution in [0.5, 0.6) is 5.75 Å². The number of amides is 1. The van der Waals surface area contributed by atoms with E-state index < -0.39 is 5.97 Å². The van der Waals surface area contributed by atoms with Gasteiger partial charge in [-0.25, -0.2) is 4.79 Å². The third-order valence-electron chi connectivity index (χ3n) is 4.77. The summed E-state index contributed by atoms with van der Waals surface area (Å²) in [6.07, 6.45) is 0. The zero-order valence-corrected chi connectivity index (χ0v) is 17.2. The molecule has 0 unspecified atom stereocenters. The second kappa shape index (κ2) is 8.74. The quantitative estimate of drug-likeness (QED) is 0.438. The van der Waals surface area contributed by atoms with Gasteiger partial charge < -0.3 is 10.1 Å². The lowest BCUT2D eigenvalue weighted by molar-refractivity contribution is 0.0734. The highest BCUT2D eigenvalue weighted by atomic mass is 16.5. The molecule has 1 N–H and O–H groups in total. The third-order valence-corrected chi connectivity index (χ3v) is 4.77. The Morgan fingerprint density at radius 2 is 1.45 bits per heavy atom. The number of hydrogen-bond donors (Lipinski definition) is 1. The molecule has 0 radical (unpaired) electrons. The van der Waals surface area contributed by atoms with Gasteiger partial charge in [-0.2, -0.15) is 0 Å². The Balaban J connectivity index is 1.64. The first-order chi connectivity index (χ1) is 13.8. The number of aryl methyl sites for hydroxylation is 2. The van der Waals surface area contributed by atoms with Gasteiger partial charge in [-0.05, 0) is 73.4 Å². The van der Waals surface area contributed by atoms with Crippen LogP contribution in [0.1, 0.15) is 57.2 Å². The van der Waals surface area contributed by atoms with Crippen LogP contribution in [0.3, 0.4) is 0 Å². The summed E-state index contributed by atoms with van der Waals surface area (Å²) in [5, 5.41) is 2.91. The highest BCUT2D eigenvalue weighted by Gasteiger charge is 2.11. The van der Waals surface area contributed by atoms with Crippen molar-refractivity contribution in [2.24, 2.45) is 0 Å². The van der Waals surface area contributed by atoms with Crippen molar-refractivity contribution in [3.8, 4) is 5.75 Å². The Hall–Kier alpha value is -3.40. The molecular formula is C25H25NO3. The minimum Gasteiger partial charge on any atom is -0.423 e. The molecule has 0 bridgehead atoms. The fraction of sp³-hybridized carbons (Fsp3) is 0.200. The maximum absolute atomic E-state index is 12.5. The summed E-state index contributed by atoms with van der Waals surface area (Å²) in [5.74, 6) is 0.167. The predicted molar refractivity (Wildman–Crippen MR) is 116 cm³/mol. The number of carbonyl (C=O) groups excluding carboxylic acids is 2. The van der Waals surface area contributed by atoms with Crippen LogP contribution in [0.2, 0.25) is 0 Å². The zero-order chi connectivity index (χ0) is 21.0. The summed E-state index contributed by atoms with van der Waals surface area (Å²) in [6.45, 7) is 8.17. The Labute approximate surface area is 171 Å². The van der Waals surface area contributed by atoms with E-state index in [1.165, 1.54) is 5.56 Å². The Kier molecular flexibility index (Phi) is 6.13. The summed E-state index contributed by atoms with van der Waals surface area (Å²) in [6, 6.07) is 19.8. The fourth-order valence-electron chi connectivity index (χ4n) is 2.99. The number of hydrogen-bond acceptors (Lipinski definition) is 3. The van der Waals surface area contributed by atoms with Gasteiger partial charge in [0.05, 0.1) is 5.56 Å². The predicted octanol–water partition coefficient (Wildman–Crippen LogP) is 5.90. The molecule has 4 nitrogen and oxygen atoms in total. The van der Waals surface area contributed by atoms with E-state index in [-0.39, 0.29) is 5.91 Å². The fourth-order valence-corrected chi connectivity index (χ4v) is 2.99. The molecule has 3 aromatic rings. The van der Waals surface area contributed by atoms with E-state index in [2.05, 4.69) is 19.2 Å². The highest BCUT2D eigenvalue weighted by Crippen LogP contribution is 2.20. The number of anilines is 1. The van der Waals surface area contributed by atoms with Crippen molar-refractivity contribution in [3.05, 3.63) is 94.5 Å². The minimum absolute atomic E-state index is 0.209. The van der Waals surface area contributed by atoms with Gasteiger partial charge in [-0.1, -0.05) is 43.7 Å². The molecule has 0 saturated heterocycles. The summed E-state index contributed by atoms with van der Waals surface area (Å²) >= 11 is 0. The molecule has 0 aliphatic rings. The van der Waals surface area contributed by atoms with Crippen LogP contribution in [0.25, 0.3) is 0 Å². The van der Waals surface area contributed by atoms with E-state index in [1.54, 1.807) is 36.4 Å². The first kappa shape index (κ1) is 20.3. The molecule has 0 spiro atoms. The summed E-state index contributed by atoms with van der Waals surface area (Å²) in [4.78, 5) is 24.8. The van der Waals surface area contributed by atoms with Crippen molar-refractivity contribution in [2.45, 2.75) is 33.6 Å². The molecule has 4 heteroatoms. The van der Waals surface area contributed by atoms with Gasteiger partial charge >= 0.3 is 5.97 Å². The van der Waals surface area contributed by atoms with Crippen molar-refractivity contribution in [1.29, 1.82) is 0 Å². The van der Waals surface area contributed by atoms with Crippen molar-refractivity contribution in [1.82, 2.24) is 0 Å². The van der Waals surface area contributed by atoms with Gasteiger partial charge in [-0.15, -0.1) is 0 Å². The van der Waals surface area contributed by atoms with Crippen LogP contribution in [0, 0.1) is 13.8 Å². The van der Waals surface area contributed by atoms with Crippen molar-refractivity contribution < 1.29 is 14.3 Å². The van der Waals surface area contributed by atoms with Crippen molar-refractivity contribution in [2.75, 3.05) is 5.32 Å². The first-order valence-electron chi connectivity index (χ1n) is 9.64. The second-order valence-corrected chi connectivity index (χ2v) is 7.46. The average Bonchev–Trinajstić information content (AvgIpc) is 2.70. The van der Waals surface area contributed by atoms with Gasteiger partial charge in [-0.3, -0.25) is 4.79 Å². The number of esters is 1. The number of rotatable bonds is 5. The smallest absolute Gasteiger partial charge is 0.343 e. The van der Waals surface area contributed by atoms with E-state index in [0.717, 1.165) is 16.8 Å². The number of benzene rings is 3. The van der Waals surface area contributed by atoms with Gasteiger partial charge in [0.1, 0.15) is 5.75 Å². The van der Waals surface area contributed by atoms with Crippen LogP contribution < -0.4 is 10.1 Å². The highest BCUT2D eigenvalue weighted by molar-refractivity contribution is 6.04. The van der Waals surface area contributed by atoms with Gasteiger partial charge in [0.2, 0.25) is 0 Å². The molecule has 0 atom stereocenters. The molecule has 0 saturated carbocycles. The molecule has 1 amide bonds. The summed E-state index contributed by atoms with van der Waals surface area (Å²) in [5.41, 5.74) is 5.08. The van der Waals surface area contributed by atoms with Crippen molar-refractivity contribution in [3.63, 3.8) is 0 Å². The SMILES string of the molecule is Cc1ccc(NC(=O)c2ccc(OC(=O)c3ccc(C(C)C)cc3)cc2)c(C)c1. The molecule has 0 aromatic heterocycles. The molecule has 0 aliphatic heterocycles. The lowest BCUT2D eigenvalue weighted by Crippen LogP contribution is -2.13. The van der Waals surface area contributed by atoms with Crippen molar-refractivity contribution >= 4 is 17.6 Å². The van der Waals surface area contributed by atoms with Gasteiger partial charge in [0.15, 0.2) is 0 Å². The lowest BCUT2D eigenvalue weighted by atomic mass is 10.0. The monoisotopic (exact) mass is 387 g/mol. The Morgan fingerprint density at radius 1 is 0.828 bits per heavy atom. The van der Waals surface area contributed by atoms with Gasteiger partial charge in [0, 0.05) is 11.3 Å². The molecule has 0 fully saturated rings. The second-order valence-electron chi connectivity index (χ2n) is 7.46. The van der Waals surface area contributed by atoms with Crippen LogP contribution >= 0.6 is 0 Å². The van der Waals surface area contributed by atoms with E-state index in [9.17, 15) is 9.59 Å². The standard InChI is InChI=1S/C25H25NO3/c1-16(2)19-6-8-21(9-7-19)25(28)29-22-12-10-20(11-13-22)24(27)26-23-14-5-17(3)15-18(23)4/h5-16H,1-4H3,(H,26,27). The third kappa shape index (κ3) is 5.11. The molecule has 3 rings (SSSR count). The zero-order valence-electron chi connectivity index (χ0n) is 17.2. The van der Waals surface area contributed by atoms with Crippen LogP contribution in [-0.2, 0) is 0 Å². The topological polar surface area (TPSA) is 55.4 Å². The van der Waals surface area contributed by atoms with Crippen LogP contribution in [0.15, 0.2) is 66.7 Å². The Bertz CT molecular complexity index is 1020. The molecular weight excluding hydrogens is 362 g/mol. The first-order valence-corrected chi connectivity index (χ1v) is 9.64. The minimum atomic E-state index is -0.423. The molecule has 148 valence electrons. The van der Waals surface area contributed by atoms with Crippen LogP contribution in [-0.4, -0.2) is 11.9 Å². The van der Waals surface area contributed by atoms with Gasteiger partial charge in [0.25, 0.3) is 5.91 Å². The lowest BCUT2D eigenvalue weighted by Gasteiger charge is -2.10. The van der Waals surface area contributed by atoms with E-state index in [0.29, 0.717) is 22.8 Å². The van der Waals surface area contributed by atoms with E-state index in [1.807, 2.05) is 44.2 Å². The normalized spacial score (nSPS) is 10.7. The summed E-state index contributed by atoms with van der Waals surface area (Å²) < 4.78 is 5.42. The Morgan fingerprint density at radius 3 is 2.03 bits per heavy atom. The maximum Gasteiger partial charge on any atom is 0.343 e. The molecule has 0 heterocycles. The molecule has 0 aliphatic carbocycles. The number of carbonyl (C=O) groups is 2. The largest absolute Gasteiger partial charge is 0.423 e. The van der Waals surface area contributed by atoms with Crippen LogP contribution in [0.4, 0.5) is 5.69 Å². The average molecular weight is 387 g/mol. The summed E-state index contributed by atoms with van der Waals surface area (Å²) in [7, 11) is 0. The maximum atomic E-state index is 12.5. The molecule has 29 heavy (non-hydrogen) atoms. The van der Waals surface area contributed by atoms with E-state index >= 15 is 0 Å². The molecule has 3 aromatic carbocycles. The van der Waals surface area contributed by atoms with E-state index in [4.69, 9.17) is 4.74 Å².